The molecule has 3 nitrogen and oxygen atoms in total. The summed E-state index contributed by atoms with van der Waals surface area (Å²) in [6, 6.07) is 10.3. The highest BCUT2D eigenvalue weighted by Gasteiger charge is 2.08. The van der Waals surface area contributed by atoms with Crippen molar-refractivity contribution >= 4 is 16.8 Å². The Kier molecular flexibility index (Phi) is 5.22. The molecule has 2 rings (SSSR count). The van der Waals surface area contributed by atoms with Gasteiger partial charge in [0.2, 0.25) is 6.19 Å². The van der Waals surface area contributed by atoms with Crippen molar-refractivity contribution in [2.75, 3.05) is 6.26 Å². The Labute approximate surface area is 123 Å². The first-order chi connectivity index (χ1) is 9.83. The predicted octanol–water partition coefficient (Wildman–Crippen LogP) is 3.70. The lowest BCUT2D eigenvalue weighted by molar-refractivity contribution is 0.470. The van der Waals surface area contributed by atoms with Gasteiger partial charge < -0.3 is 4.90 Å². The van der Waals surface area contributed by atoms with Crippen LogP contribution in [-0.4, -0.2) is 16.2 Å². The van der Waals surface area contributed by atoms with Crippen LogP contribution in [0, 0.1) is 11.5 Å². The van der Waals surface area contributed by atoms with E-state index in [1.165, 1.54) is 17.3 Å². The predicted molar refractivity (Wildman–Crippen MR) is 84.9 cm³/mol. The number of nitriles is 1. The summed E-state index contributed by atoms with van der Waals surface area (Å²) in [6.45, 7) is 0.793. The topological polar surface area (TPSA) is 39.4 Å². The molecule has 1 aromatic carbocycles. The second-order valence-electron chi connectivity index (χ2n) is 4.14. The van der Waals surface area contributed by atoms with Gasteiger partial charge in [0, 0.05) is 18.4 Å². The molecule has 20 heavy (non-hydrogen) atoms. The second kappa shape index (κ2) is 7.37. The fourth-order valence-corrected chi connectivity index (χ4v) is 2.23. The summed E-state index contributed by atoms with van der Waals surface area (Å²) in [6.07, 6.45) is 13.7. The third-order valence-electron chi connectivity index (χ3n) is 2.81. The van der Waals surface area contributed by atoms with E-state index in [0.717, 1.165) is 12.2 Å². The van der Waals surface area contributed by atoms with Crippen molar-refractivity contribution in [1.82, 2.24) is 4.90 Å². The Morgan fingerprint density at radius 2 is 2.15 bits per heavy atom. The minimum atomic E-state index is 0.709. The largest absolute Gasteiger partial charge is 0.343 e. The summed E-state index contributed by atoms with van der Waals surface area (Å²) >= 11 is 1.46. The van der Waals surface area contributed by atoms with E-state index >= 15 is 0 Å². The molecular weight excluding hydrogens is 266 g/mol. The van der Waals surface area contributed by atoms with Gasteiger partial charge in [0.15, 0.2) is 0 Å². The smallest absolute Gasteiger partial charge is 0.206 e. The van der Waals surface area contributed by atoms with E-state index in [2.05, 4.69) is 22.0 Å². The third-order valence-corrected chi connectivity index (χ3v) is 3.44. The van der Waals surface area contributed by atoms with Crippen LogP contribution in [0.15, 0.2) is 71.5 Å². The van der Waals surface area contributed by atoms with Gasteiger partial charge in [-0.15, -0.1) is 11.8 Å². The first kappa shape index (κ1) is 14.2. The van der Waals surface area contributed by atoms with Gasteiger partial charge in [-0.2, -0.15) is 10.3 Å². The van der Waals surface area contributed by atoms with Crippen LogP contribution >= 0.6 is 11.8 Å². The highest BCUT2D eigenvalue weighted by molar-refractivity contribution is 8.13. The summed E-state index contributed by atoms with van der Waals surface area (Å²) in [5, 5.41) is 9.38. The standard InChI is InChI=1S/C16H15N3S/c1-20-16(18-13-17)11-15-9-5-6-10-19(15)12-14-7-3-2-4-8-14/h2-11H,12H2,1H3/b15-11+,18-16?. The number of benzene rings is 1. The van der Waals surface area contributed by atoms with E-state index in [1.807, 2.05) is 61.2 Å². The third kappa shape index (κ3) is 3.87. The molecule has 1 aromatic rings. The summed E-state index contributed by atoms with van der Waals surface area (Å²) in [5.74, 6) is 0. The van der Waals surface area contributed by atoms with Crippen molar-refractivity contribution in [3.63, 3.8) is 0 Å². The van der Waals surface area contributed by atoms with Crippen molar-refractivity contribution < 1.29 is 0 Å². The first-order valence-corrected chi connectivity index (χ1v) is 7.44. The molecule has 0 saturated carbocycles. The Morgan fingerprint density at radius 1 is 1.35 bits per heavy atom. The number of allylic oxidation sites excluding steroid dienone is 3. The number of nitrogens with zero attached hydrogens (tertiary/aromatic N) is 3. The van der Waals surface area contributed by atoms with Crippen LogP contribution in [-0.2, 0) is 6.54 Å². The van der Waals surface area contributed by atoms with E-state index in [9.17, 15) is 0 Å². The van der Waals surface area contributed by atoms with E-state index < -0.39 is 0 Å². The molecule has 0 N–H and O–H groups in total. The van der Waals surface area contributed by atoms with Gasteiger partial charge in [0.05, 0.1) is 0 Å². The maximum absolute atomic E-state index is 8.67. The molecule has 0 aliphatic carbocycles. The Bertz CT molecular complexity index is 606. The number of hydrogen-bond donors (Lipinski definition) is 0. The molecule has 100 valence electrons. The molecule has 0 atom stereocenters. The molecule has 4 heteroatoms. The van der Waals surface area contributed by atoms with Crippen LogP contribution < -0.4 is 0 Å². The quantitative estimate of drug-likeness (QED) is 0.482. The molecule has 1 aliphatic rings. The average molecular weight is 281 g/mol. The molecule has 0 radical (unpaired) electrons. The summed E-state index contributed by atoms with van der Waals surface area (Å²) in [7, 11) is 0. The molecule has 0 bridgehead atoms. The lowest BCUT2D eigenvalue weighted by Crippen LogP contribution is -2.17. The van der Waals surface area contributed by atoms with Crippen LogP contribution in [0.25, 0.3) is 0 Å². The molecule has 0 amide bonds. The van der Waals surface area contributed by atoms with Gasteiger partial charge in [0.25, 0.3) is 0 Å². The van der Waals surface area contributed by atoms with Gasteiger partial charge in [-0.05, 0) is 30.0 Å². The van der Waals surface area contributed by atoms with Gasteiger partial charge in [0.1, 0.15) is 5.04 Å². The molecule has 0 fully saturated rings. The minimum absolute atomic E-state index is 0.709. The van der Waals surface area contributed by atoms with E-state index in [4.69, 9.17) is 5.26 Å². The fourth-order valence-electron chi connectivity index (χ4n) is 1.86. The highest BCUT2D eigenvalue weighted by Crippen LogP contribution is 2.18. The summed E-state index contributed by atoms with van der Waals surface area (Å²) < 4.78 is 0. The Hall–Kier alpha value is -2.25. The molecular formula is C16H15N3S. The van der Waals surface area contributed by atoms with Gasteiger partial charge in [-0.25, -0.2) is 0 Å². The number of aliphatic imine (C=N–C) groups is 1. The highest BCUT2D eigenvalue weighted by atomic mass is 32.2. The normalized spacial score (nSPS) is 16.5. The van der Waals surface area contributed by atoms with E-state index in [0.29, 0.717) is 5.04 Å². The molecule has 0 saturated heterocycles. The number of rotatable bonds is 3. The van der Waals surface area contributed by atoms with Gasteiger partial charge in [-0.3, -0.25) is 0 Å². The van der Waals surface area contributed by atoms with Gasteiger partial charge in [-0.1, -0.05) is 36.4 Å². The Balaban J connectivity index is 2.21. The average Bonchev–Trinajstić information content (AvgIpc) is 2.49. The van der Waals surface area contributed by atoms with Crippen LogP contribution in [0.1, 0.15) is 5.56 Å². The fraction of sp³-hybridized carbons (Fsp3) is 0.125. The SMILES string of the molecule is CSC(/C=C1\C=CC=CN1Cc1ccccc1)=NC#N. The zero-order chi connectivity index (χ0) is 14.2. The van der Waals surface area contributed by atoms with E-state index in [1.54, 1.807) is 0 Å². The molecule has 0 aromatic heterocycles. The van der Waals surface area contributed by atoms with Crippen molar-refractivity contribution in [2.45, 2.75) is 6.54 Å². The molecule has 0 spiro atoms. The lowest BCUT2D eigenvalue weighted by atomic mass is 10.2. The zero-order valence-corrected chi connectivity index (χ0v) is 12.0. The van der Waals surface area contributed by atoms with Crippen LogP contribution in [0.2, 0.25) is 0 Å². The van der Waals surface area contributed by atoms with Crippen molar-refractivity contribution in [1.29, 1.82) is 5.26 Å². The maximum Gasteiger partial charge on any atom is 0.206 e. The number of thioether (sulfide) groups is 1. The Morgan fingerprint density at radius 3 is 2.85 bits per heavy atom. The molecule has 1 heterocycles. The molecule has 0 unspecified atom stereocenters. The van der Waals surface area contributed by atoms with Crippen LogP contribution in [0.3, 0.4) is 0 Å². The second-order valence-corrected chi connectivity index (χ2v) is 4.96. The van der Waals surface area contributed by atoms with Crippen LogP contribution in [0.5, 0.6) is 0 Å². The number of hydrogen-bond acceptors (Lipinski definition) is 4. The lowest BCUT2D eigenvalue weighted by Gasteiger charge is -2.24. The zero-order valence-electron chi connectivity index (χ0n) is 11.2. The van der Waals surface area contributed by atoms with Crippen molar-refractivity contribution in [3.8, 4) is 6.19 Å². The minimum Gasteiger partial charge on any atom is -0.343 e. The van der Waals surface area contributed by atoms with E-state index in [-0.39, 0.29) is 0 Å². The summed E-state index contributed by atoms with van der Waals surface area (Å²) in [4.78, 5) is 5.94. The maximum atomic E-state index is 8.67. The summed E-state index contributed by atoms with van der Waals surface area (Å²) in [5.41, 5.74) is 2.26. The monoisotopic (exact) mass is 281 g/mol. The molecule has 1 aliphatic heterocycles. The van der Waals surface area contributed by atoms with Crippen molar-refractivity contribution in [3.05, 3.63) is 72.1 Å². The van der Waals surface area contributed by atoms with Gasteiger partial charge >= 0.3 is 0 Å². The first-order valence-electron chi connectivity index (χ1n) is 6.21. The van der Waals surface area contributed by atoms with Crippen molar-refractivity contribution in [2.24, 2.45) is 4.99 Å². The van der Waals surface area contributed by atoms with Crippen LogP contribution in [0.4, 0.5) is 0 Å².